The van der Waals surface area contributed by atoms with Gasteiger partial charge in [-0.1, -0.05) is 0 Å². The van der Waals surface area contributed by atoms with Crippen molar-refractivity contribution in [1.29, 1.82) is 5.26 Å². The van der Waals surface area contributed by atoms with E-state index in [9.17, 15) is 0 Å². The molecule has 2 rings (SSSR count). The molecule has 1 saturated heterocycles. The highest BCUT2D eigenvalue weighted by molar-refractivity contribution is 5.54. The molecular weight excluding hydrogens is 186 g/mol. The van der Waals surface area contributed by atoms with Crippen LogP contribution in [0.1, 0.15) is 31.7 Å². The first-order valence-electron chi connectivity index (χ1n) is 5.44. The smallest absolute Gasteiger partial charge is 0.146 e. The first-order valence-corrected chi connectivity index (χ1v) is 5.44. The minimum absolute atomic E-state index is 0.501. The number of nitrogens with zero attached hydrogens (tertiary/aromatic N) is 3. The highest BCUT2D eigenvalue weighted by Crippen LogP contribution is 2.24. The molecule has 0 aromatic carbocycles. The summed E-state index contributed by atoms with van der Waals surface area (Å²) < 4.78 is 0. The van der Waals surface area contributed by atoms with Crippen molar-refractivity contribution < 1.29 is 0 Å². The zero-order valence-electron chi connectivity index (χ0n) is 8.98. The van der Waals surface area contributed by atoms with Crippen LogP contribution in [0.25, 0.3) is 0 Å². The Hall–Kier alpha value is -1.56. The van der Waals surface area contributed by atoms with Crippen molar-refractivity contribution in [3.05, 3.63) is 23.9 Å². The molecule has 0 saturated carbocycles. The Labute approximate surface area is 90.4 Å². The average Bonchev–Trinajstić information content (AvgIpc) is 2.30. The fraction of sp³-hybridized carbons (Fsp3) is 0.500. The number of hydrogen-bond acceptors (Lipinski definition) is 3. The van der Waals surface area contributed by atoms with Gasteiger partial charge in [-0.3, -0.25) is 0 Å². The number of piperidine rings is 1. The van der Waals surface area contributed by atoms with E-state index < -0.39 is 0 Å². The van der Waals surface area contributed by atoms with Crippen LogP contribution in [-0.4, -0.2) is 17.6 Å². The lowest BCUT2D eigenvalue weighted by molar-refractivity contribution is 0.481. The molecule has 1 aliphatic heterocycles. The van der Waals surface area contributed by atoms with Crippen LogP contribution >= 0.6 is 0 Å². The van der Waals surface area contributed by atoms with Gasteiger partial charge in [0.25, 0.3) is 0 Å². The first-order chi connectivity index (χ1) is 7.33. The lowest BCUT2D eigenvalue weighted by Gasteiger charge is -2.34. The monoisotopic (exact) mass is 201 g/mol. The van der Waals surface area contributed by atoms with Crippen molar-refractivity contribution in [1.82, 2.24) is 4.98 Å². The normalized spacial score (nSPS) is 21.1. The van der Waals surface area contributed by atoms with Gasteiger partial charge in [0, 0.05) is 18.8 Å². The van der Waals surface area contributed by atoms with Crippen molar-refractivity contribution in [2.45, 2.75) is 32.2 Å². The Morgan fingerprint density at radius 2 is 2.40 bits per heavy atom. The van der Waals surface area contributed by atoms with E-state index in [1.54, 1.807) is 6.20 Å². The number of pyridine rings is 1. The van der Waals surface area contributed by atoms with Crippen LogP contribution in [0.15, 0.2) is 18.3 Å². The number of hydrogen-bond donors (Lipinski definition) is 0. The maximum atomic E-state index is 9.02. The molecule has 3 nitrogen and oxygen atoms in total. The number of nitriles is 1. The fourth-order valence-electron chi connectivity index (χ4n) is 2.13. The summed E-state index contributed by atoms with van der Waals surface area (Å²) in [7, 11) is 0. The zero-order chi connectivity index (χ0) is 10.7. The molecule has 0 aliphatic carbocycles. The lowest BCUT2D eigenvalue weighted by Crippen LogP contribution is -2.38. The van der Waals surface area contributed by atoms with Gasteiger partial charge >= 0.3 is 0 Å². The standard InChI is InChI=1S/C12H15N3/c1-10-5-2-3-8-15(10)12-11(9-13)6-4-7-14-12/h4,6-7,10H,2-3,5,8H2,1H3. The largest absolute Gasteiger partial charge is 0.353 e. The van der Waals surface area contributed by atoms with E-state index in [2.05, 4.69) is 22.9 Å². The molecule has 1 atom stereocenters. The van der Waals surface area contributed by atoms with Gasteiger partial charge in [0.05, 0.1) is 5.56 Å². The first kappa shape index (κ1) is 9.97. The van der Waals surface area contributed by atoms with Gasteiger partial charge < -0.3 is 4.90 Å². The summed E-state index contributed by atoms with van der Waals surface area (Å²) in [6, 6.07) is 6.36. The molecule has 0 amide bonds. The van der Waals surface area contributed by atoms with E-state index in [4.69, 9.17) is 5.26 Å². The van der Waals surface area contributed by atoms with E-state index in [0.29, 0.717) is 11.6 Å². The molecule has 0 N–H and O–H groups in total. The Bertz CT molecular complexity index is 381. The predicted molar refractivity (Wildman–Crippen MR) is 59.6 cm³/mol. The third-order valence-corrected chi connectivity index (χ3v) is 2.98. The van der Waals surface area contributed by atoms with Crippen molar-refractivity contribution in [3.8, 4) is 6.07 Å². The van der Waals surface area contributed by atoms with Crippen LogP contribution < -0.4 is 4.90 Å². The summed E-state index contributed by atoms with van der Waals surface area (Å²) in [5, 5.41) is 9.02. The van der Waals surface area contributed by atoms with E-state index in [0.717, 1.165) is 12.4 Å². The van der Waals surface area contributed by atoms with Crippen LogP contribution in [0.3, 0.4) is 0 Å². The van der Waals surface area contributed by atoms with Crippen LogP contribution in [-0.2, 0) is 0 Å². The molecule has 1 aromatic rings. The molecule has 3 heteroatoms. The van der Waals surface area contributed by atoms with Crippen LogP contribution in [0.5, 0.6) is 0 Å². The molecule has 1 aliphatic rings. The van der Waals surface area contributed by atoms with Crippen molar-refractivity contribution >= 4 is 5.82 Å². The molecule has 15 heavy (non-hydrogen) atoms. The molecule has 0 bridgehead atoms. The molecule has 1 unspecified atom stereocenters. The molecule has 0 spiro atoms. The Balaban J connectivity index is 2.31. The minimum atomic E-state index is 0.501. The fourth-order valence-corrected chi connectivity index (χ4v) is 2.13. The van der Waals surface area contributed by atoms with E-state index in [1.165, 1.54) is 19.3 Å². The van der Waals surface area contributed by atoms with Gasteiger partial charge in [-0.15, -0.1) is 0 Å². The van der Waals surface area contributed by atoms with E-state index in [-0.39, 0.29) is 0 Å². The van der Waals surface area contributed by atoms with Crippen LogP contribution in [0, 0.1) is 11.3 Å². The predicted octanol–water partition coefficient (Wildman–Crippen LogP) is 2.33. The van der Waals surface area contributed by atoms with Crippen LogP contribution in [0.4, 0.5) is 5.82 Å². The Morgan fingerprint density at radius 3 is 3.13 bits per heavy atom. The van der Waals surface area contributed by atoms with E-state index >= 15 is 0 Å². The zero-order valence-corrected chi connectivity index (χ0v) is 8.98. The number of aromatic nitrogens is 1. The van der Waals surface area contributed by atoms with Gasteiger partial charge in [-0.05, 0) is 38.3 Å². The third-order valence-electron chi connectivity index (χ3n) is 2.98. The number of rotatable bonds is 1. The number of anilines is 1. The second kappa shape index (κ2) is 4.31. The van der Waals surface area contributed by atoms with Gasteiger partial charge in [-0.2, -0.15) is 5.26 Å². The van der Waals surface area contributed by atoms with Gasteiger partial charge in [0.15, 0.2) is 0 Å². The summed E-state index contributed by atoms with van der Waals surface area (Å²) in [6.07, 6.45) is 5.44. The molecular formula is C12H15N3. The van der Waals surface area contributed by atoms with Gasteiger partial charge in [-0.25, -0.2) is 4.98 Å². The summed E-state index contributed by atoms with van der Waals surface area (Å²) in [6.45, 7) is 3.22. The molecule has 78 valence electrons. The van der Waals surface area contributed by atoms with Gasteiger partial charge in [0.1, 0.15) is 11.9 Å². The Morgan fingerprint density at radius 1 is 1.53 bits per heavy atom. The molecule has 2 heterocycles. The summed E-state index contributed by atoms with van der Waals surface area (Å²) >= 11 is 0. The third kappa shape index (κ3) is 1.94. The quantitative estimate of drug-likeness (QED) is 0.700. The van der Waals surface area contributed by atoms with Crippen LogP contribution in [0.2, 0.25) is 0 Å². The van der Waals surface area contributed by atoms with Crippen molar-refractivity contribution in [2.24, 2.45) is 0 Å². The summed E-state index contributed by atoms with van der Waals surface area (Å²) in [5.74, 6) is 0.854. The maximum absolute atomic E-state index is 9.02. The summed E-state index contributed by atoms with van der Waals surface area (Å²) in [4.78, 5) is 6.58. The topological polar surface area (TPSA) is 39.9 Å². The molecule has 1 fully saturated rings. The molecule has 0 radical (unpaired) electrons. The van der Waals surface area contributed by atoms with Crippen molar-refractivity contribution in [3.63, 3.8) is 0 Å². The second-order valence-electron chi connectivity index (χ2n) is 4.02. The van der Waals surface area contributed by atoms with E-state index in [1.807, 2.05) is 12.1 Å². The lowest BCUT2D eigenvalue weighted by atomic mass is 10.0. The minimum Gasteiger partial charge on any atom is -0.353 e. The summed E-state index contributed by atoms with van der Waals surface area (Å²) in [5.41, 5.74) is 0.686. The second-order valence-corrected chi connectivity index (χ2v) is 4.02. The van der Waals surface area contributed by atoms with Gasteiger partial charge in [0.2, 0.25) is 0 Å². The average molecular weight is 201 g/mol. The Kier molecular flexibility index (Phi) is 2.86. The maximum Gasteiger partial charge on any atom is 0.146 e. The molecule has 1 aromatic heterocycles. The van der Waals surface area contributed by atoms with Crippen molar-refractivity contribution in [2.75, 3.05) is 11.4 Å². The SMILES string of the molecule is CC1CCCCN1c1ncccc1C#N. The highest BCUT2D eigenvalue weighted by atomic mass is 15.2. The highest BCUT2D eigenvalue weighted by Gasteiger charge is 2.21.